The highest BCUT2D eigenvalue weighted by Crippen LogP contribution is 2.40. The van der Waals surface area contributed by atoms with Crippen molar-refractivity contribution >= 4 is 10.8 Å². The third kappa shape index (κ3) is 1.97. The van der Waals surface area contributed by atoms with Gasteiger partial charge in [0.25, 0.3) is 0 Å². The number of hydrogen-bond donors (Lipinski definition) is 0. The van der Waals surface area contributed by atoms with E-state index in [1.165, 1.54) is 37.7 Å². The van der Waals surface area contributed by atoms with Crippen molar-refractivity contribution in [1.29, 1.82) is 0 Å². The molecule has 0 N–H and O–H groups in total. The number of hydrogen-bond acceptors (Lipinski definition) is 0. The molecule has 0 nitrogen and oxygen atoms in total. The summed E-state index contributed by atoms with van der Waals surface area (Å²) >= 11 is 0. The van der Waals surface area contributed by atoms with Crippen molar-refractivity contribution in [3.05, 3.63) is 46.5 Å². The van der Waals surface area contributed by atoms with Crippen molar-refractivity contribution < 1.29 is 0 Å². The molecule has 0 saturated heterocycles. The minimum Gasteiger partial charge on any atom is -0.0581 e. The topological polar surface area (TPSA) is 0 Å². The van der Waals surface area contributed by atoms with Gasteiger partial charge in [-0.25, -0.2) is 0 Å². The monoisotopic (exact) mass is 264 g/mol. The Labute approximate surface area is 122 Å². The van der Waals surface area contributed by atoms with Gasteiger partial charge in [0.05, 0.1) is 0 Å². The Hall–Kier alpha value is -1.30. The molecule has 1 saturated carbocycles. The smallest absolute Gasteiger partial charge is 0.0117 e. The van der Waals surface area contributed by atoms with Crippen LogP contribution in [0.5, 0.6) is 0 Å². The third-order valence-corrected chi connectivity index (χ3v) is 5.11. The number of rotatable bonds is 2. The number of benzene rings is 2. The zero-order chi connectivity index (χ0) is 13.9. The van der Waals surface area contributed by atoms with E-state index in [0.717, 1.165) is 5.92 Å². The van der Waals surface area contributed by atoms with Gasteiger partial charge in [-0.05, 0) is 76.5 Å². The summed E-state index contributed by atoms with van der Waals surface area (Å²) in [4.78, 5) is 0. The molecule has 2 aliphatic carbocycles. The van der Waals surface area contributed by atoms with Crippen LogP contribution in [-0.2, 0) is 24.7 Å². The van der Waals surface area contributed by atoms with E-state index in [-0.39, 0.29) is 5.41 Å². The molecule has 0 atom stereocenters. The lowest BCUT2D eigenvalue weighted by atomic mass is 9.83. The molecule has 0 radical (unpaired) electrons. The summed E-state index contributed by atoms with van der Waals surface area (Å²) in [5.74, 6) is 0.964. The van der Waals surface area contributed by atoms with E-state index in [9.17, 15) is 0 Å². The van der Waals surface area contributed by atoms with Crippen LogP contribution in [-0.4, -0.2) is 0 Å². The quantitative estimate of drug-likeness (QED) is 0.700. The van der Waals surface area contributed by atoms with E-state index >= 15 is 0 Å². The average Bonchev–Trinajstić information content (AvgIpc) is 3.11. The van der Waals surface area contributed by atoms with Crippen LogP contribution >= 0.6 is 0 Å². The third-order valence-electron chi connectivity index (χ3n) is 5.11. The van der Waals surface area contributed by atoms with Crippen molar-refractivity contribution in [2.75, 3.05) is 0 Å². The van der Waals surface area contributed by atoms with Crippen molar-refractivity contribution in [3.8, 4) is 0 Å². The zero-order valence-corrected chi connectivity index (χ0v) is 12.9. The molecule has 0 bridgehead atoms. The maximum absolute atomic E-state index is 2.49. The summed E-state index contributed by atoms with van der Waals surface area (Å²) in [7, 11) is 0. The Bertz CT molecular complexity index is 681. The number of aryl methyl sites for hydroxylation is 2. The highest BCUT2D eigenvalue weighted by molar-refractivity contribution is 5.94. The van der Waals surface area contributed by atoms with Gasteiger partial charge in [0.1, 0.15) is 0 Å². The van der Waals surface area contributed by atoms with Crippen molar-refractivity contribution in [2.24, 2.45) is 5.92 Å². The van der Waals surface area contributed by atoms with Crippen LogP contribution in [0.25, 0.3) is 10.8 Å². The molecule has 0 unspecified atom stereocenters. The summed E-state index contributed by atoms with van der Waals surface area (Å²) in [6, 6.07) is 9.77. The molecule has 4 rings (SSSR count). The van der Waals surface area contributed by atoms with Gasteiger partial charge in [0.2, 0.25) is 0 Å². The van der Waals surface area contributed by atoms with E-state index in [2.05, 4.69) is 45.0 Å². The first-order valence-corrected chi connectivity index (χ1v) is 8.10. The highest BCUT2D eigenvalue weighted by atomic mass is 14.3. The van der Waals surface area contributed by atoms with Crippen LogP contribution in [0.3, 0.4) is 0 Å². The van der Waals surface area contributed by atoms with Gasteiger partial charge in [0.15, 0.2) is 0 Å². The van der Waals surface area contributed by atoms with E-state index in [0.29, 0.717) is 0 Å². The van der Waals surface area contributed by atoms with E-state index in [1.807, 2.05) is 0 Å². The summed E-state index contributed by atoms with van der Waals surface area (Å²) < 4.78 is 0. The average molecular weight is 264 g/mol. The van der Waals surface area contributed by atoms with Crippen LogP contribution in [0.15, 0.2) is 24.3 Å². The minimum absolute atomic E-state index is 0.250. The summed E-state index contributed by atoms with van der Waals surface area (Å²) in [6.45, 7) is 7.00. The van der Waals surface area contributed by atoms with Gasteiger partial charge in [-0.2, -0.15) is 0 Å². The molecule has 2 aliphatic rings. The van der Waals surface area contributed by atoms with Crippen LogP contribution in [0, 0.1) is 5.92 Å². The SMILES string of the molecule is CC(C)(C)c1cc2c3c(ccc(CC4CC4)c3c1)CC2. The standard InChI is InChI=1S/C20H24/c1-20(2,3)17-11-16-9-7-14-6-8-15(10-13-4-5-13)18(12-17)19(14)16/h6,8,11-13H,4-5,7,9-10H2,1-3H3. The first-order valence-electron chi connectivity index (χ1n) is 8.10. The Morgan fingerprint density at radius 1 is 1.00 bits per heavy atom. The molecule has 1 fully saturated rings. The normalized spacial score (nSPS) is 17.9. The summed E-state index contributed by atoms with van der Waals surface area (Å²) in [6.07, 6.45) is 6.65. The predicted octanol–water partition coefficient (Wildman–Crippen LogP) is 5.19. The van der Waals surface area contributed by atoms with Crippen molar-refractivity contribution in [2.45, 2.75) is 58.3 Å². The van der Waals surface area contributed by atoms with Gasteiger partial charge in [-0.3, -0.25) is 0 Å². The lowest BCUT2D eigenvalue weighted by molar-refractivity contribution is 0.590. The first-order chi connectivity index (χ1) is 9.52. The second-order valence-corrected chi connectivity index (χ2v) is 7.84. The fourth-order valence-corrected chi connectivity index (χ4v) is 3.63. The first kappa shape index (κ1) is 12.4. The molecule has 0 heteroatoms. The van der Waals surface area contributed by atoms with Crippen LogP contribution in [0.1, 0.15) is 55.9 Å². The second-order valence-electron chi connectivity index (χ2n) is 7.84. The Balaban J connectivity index is 1.96. The van der Waals surface area contributed by atoms with Gasteiger partial charge >= 0.3 is 0 Å². The van der Waals surface area contributed by atoms with Crippen molar-refractivity contribution in [1.82, 2.24) is 0 Å². The van der Waals surface area contributed by atoms with Crippen LogP contribution < -0.4 is 0 Å². The van der Waals surface area contributed by atoms with Gasteiger partial charge in [0, 0.05) is 0 Å². The molecular formula is C20H24. The van der Waals surface area contributed by atoms with Crippen LogP contribution in [0.4, 0.5) is 0 Å². The molecule has 0 aliphatic heterocycles. The van der Waals surface area contributed by atoms with Crippen molar-refractivity contribution in [3.63, 3.8) is 0 Å². The maximum atomic E-state index is 2.49. The largest absolute Gasteiger partial charge is 0.0581 e. The maximum Gasteiger partial charge on any atom is -0.0117 e. The zero-order valence-electron chi connectivity index (χ0n) is 12.9. The molecule has 20 heavy (non-hydrogen) atoms. The lowest BCUT2D eigenvalue weighted by Crippen LogP contribution is -2.11. The summed E-state index contributed by atoms with van der Waals surface area (Å²) in [5.41, 5.74) is 6.53. The van der Waals surface area contributed by atoms with Gasteiger partial charge in [-0.1, -0.05) is 45.0 Å². The molecular weight excluding hydrogens is 240 g/mol. The van der Waals surface area contributed by atoms with Crippen LogP contribution in [0.2, 0.25) is 0 Å². The lowest BCUT2D eigenvalue weighted by Gasteiger charge is -2.21. The molecule has 2 aromatic carbocycles. The molecule has 104 valence electrons. The fraction of sp³-hybridized carbons (Fsp3) is 0.500. The molecule has 2 aromatic rings. The molecule has 0 amide bonds. The predicted molar refractivity (Wildman–Crippen MR) is 86.5 cm³/mol. The molecule has 0 spiro atoms. The molecule has 0 heterocycles. The fourth-order valence-electron chi connectivity index (χ4n) is 3.63. The Kier molecular flexibility index (Phi) is 2.55. The Morgan fingerprint density at radius 2 is 1.75 bits per heavy atom. The van der Waals surface area contributed by atoms with Gasteiger partial charge < -0.3 is 0 Å². The minimum atomic E-state index is 0.250. The summed E-state index contributed by atoms with van der Waals surface area (Å²) in [5, 5.41) is 3.16. The Morgan fingerprint density at radius 3 is 2.45 bits per heavy atom. The van der Waals surface area contributed by atoms with E-state index < -0.39 is 0 Å². The highest BCUT2D eigenvalue weighted by Gasteiger charge is 2.25. The van der Waals surface area contributed by atoms with E-state index in [1.54, 1.807) is 27.5 Å². The molecule has 0 aromatic heterocycles. The van der Waals surface area contributed by atoms with E-state index in [4.69, 9.17) is 0 Å². The van der Waals surface area contributed by atoms with Gasteiger partial charge in [-0.15, -0.1) is 0 Å². The second kappa shape index (κ2) is 4.10.